The molecule has 2 rings (SSSR count). The van der Waals surface area contributed by atoms with E-state index >= 15 is 0 Å². The normalized spacial score (nSPS) is 14.4. The van der Waals surface area contributed by atoms with Crippen molar-refractivity contribution in [1.82, 2.24) is 5.01 Å². The zero-order valence-corrected chi connectivity index (χ0v) is 8.51. The summed E-state index contributed by atoms with van der Waals surface area (Å²) < 4.78 is 0. The molecule has 16 heavy (non-hydrogen) atoms. The molecular formula is C12H10N2O2. The number of nitrogens with zero attached hydrogens (tertiary/aromatic N) is 1. The molecule has 4 heteroatoms. The molecule has 0 saturated carbocycles. The number of nitrogens with one attached hydrogen (secondary N) is 1. The highest BCUT2D eigenvalue weighted by atomic mass is 16.2. The lowest BCUT2D eigenvalue weighted by Crippen LogP contribution is -2.35. The van der Waals surface area contributed by atoms with Crippen LogP contribution in [0, 0.1) is 0 Å². The van der Waals surface area contributed by atoms with E-state index in [-0.39, 0.29) is 11.8 Å². The molecule has 0 fully saturated rings. The van der Waals surface area contributed by atoms with E-state index < -0.39 is 0 Å². The number of amides is 2. The monoisotopic (exact) mass is 214 g/mol. The summed E-state index contributed by atoms with van der Waals surface area (Å²) in [6, 6.07) is 7.23. The molecule has 0 spiro atoms. The van der Waals surface area contributed by atoms with E-state index in [0.717, 1.165) is 10.6 Å². The summed E-state index contributed by atoms with van der Waals surface area (Å²) >= 11 is 0. The second-order valence-electron chi connectivity index (χ2n) is 3.28. The van der Waals surface area contributed by atoms with Crippen molar-refractivity contribution in [3.8, 4) is 0 Å². The van der Waals surface area contributed by atoms with Crippen LogP contribution in [0.1, 0.15) is 5.56 Å². The highest BCUT2D eigenvalue weighted by Crippen LogP contribution is 2.13. The molecule has 1 N–H and O–H groups in total. The fourth-order valence-electron chi connectivity index (χ4n) is 1.33. The van der Waals surface area contributed by atoms with Crippen LogP contribution in [-0.4, -0.2) is 16.8 Å². The summed E-state index contributed by atoms with van der Waals surface area (Å²) in [7, 11) is 0. The van der Waals surface area contributed by atoms with Gasteiger partial charge in [0.15, 0.2) is 0 Å². The third-order valence-corrected chi connectivity index (χ3v) is 2.20. The Labute approximate surface area is 92.8 Å². The van der Waals surface area contributed by atoms with Gasteiger partial charge in [0.25, 0.3) is 11.8 Å². The molecule has 1 heterocycles. The predicted octanol–water partition coefficient (Wildman–Crippen LogP) is 1.58. The van der Waals surface area contributed by atoms with Crippen LogP contribution in [0.15, 0.2) is 43.0 Å². The van der Waals surface area contributed by atoms with Crippen molar-refractivity contribution < 1.29 is 9.59 Å². The number of carbonyl (C=O) groups excluding carboxylic acids is 2. The van der Waals surface area contributed by atoms with Gasteiger partial charge >= 0.3 is 0 Å². The highest BCUT2D eigenvalue weighted by molar-refractivity contribution is 6.13. The van der Waals surface area contributed by atoms with Crippen molar-refractivity contribution in [3.63, 3.8) is 0 Å². The quantitative estimate of drug-likeness (QED) is 0.777. The summed E-state index contributed by atoms with van der Waals surface area (Å²) in [6.45, 7) is 3.64. The Kier molecular flexibility index (Phi) is 2.55. The maximum atomic E-state index is 11.3. The first-order valence-corrected chi connectivity index (χ1v) is 4.76. The first kappa shape index (κ1) is 10.2. The average Bonchev–Trinajstić information content (AvgIpc) is 2.62. The van der Waals surface area contributed by atoms with Gasteiger partial charge < -0.3 is 0 Å². The van der Waals surface area contributed by atoms with Crippen LogP contribution in [0.3, 0.4) is 0 Å². The first-order chi connectivity index (χ1) is 7.70. The summed E-state index contributed by atoms with van der Waals surface area (Å²) in [5.74, 6) is -0.726. The third-order valence-electron chi connectivity index (χ3n) is 2.20. The van der Waals surface area contributed by atoms with Gasteiger partial charge in [0.1, 0.15) is 0 Å². The Bertz CT molecular complexity index is 456. The van der Waals surface area contributed by atoms with Crippen LogP contribution in [-0.2, 0) is 9.59 Å². The molecular weight excluding hydrogens is 204 g/mol. The molecule has 1 aliphatic heterocycles. The van der Waals surface area contributed by atoms with Gasteiger partial charge in [-0.05, 0) is 17.7 Å². The van der Waals surface area contributed by atoms with Crippen molar-refractivity contribution >= 4 is 23.6 Å². The van der Waals surface area contributed by atoms with Gasteiger partial charge in [-0.15, -0.1) is 0 Å². The minimum atomic E-state index is -0.363. The Morgan fingerprint density at radius 3 is 2.12 bits per heavy atom. The summed E-state index contributed by atoms with van der Waals surface area (Å²) in [5.41, 5.74) is 4.38. The molecule has 1 aromatic carbocycles. The van der Waals surface area contributed by atoms with E-state index in [1.807, 2.05) is 12.1 Å². The molecule has 0 unspecified atom stereocenters. The van der Waals surface area contributed by atoms with Gasteiger partial charge in [0.2, 0.25) is 0 Å². The molecule has 0 atom stereocenters. The molecule has 80 valence electrons. The molecule has 0 radical (unpaired) electrons. The van der Waals surface area contributed by atoms with Gasteiger partial charge in [0, 0.05) is 12.2 Å². The second-order valence-corrected chi connectivity index (χ2v) is 3.28. The molecule has 0 aliphatic carbocycles. The average molecular weight is 214 g/mol. The lowest BCUT2D eigenvalue weighted by Gasteiger charge is -2.16. The second kappa shape index (κ2) is 4.02. The largest absolute Gasteiger partial charge is 0.288 e. The third kappa shape index (κ3) is 1.86. The number of hydrazine groups is 1. The van der Waals surface area contributed by atoms with Crippen molar-refractivity contribution in [1.29, 1.82) is 0 Å². The van der Waals surface area contributed by atoms with Crippen molar-refractivity contribution in [2.45, 2.75) is 0 Å². The summed E-state index contributed by atoms with van der Waals surface area (Å²) in [6.07, 6.45) is 4.18. The van der Waals surface area contributed by atoms with E-state index in [4.69, 9.17) is 0 Å². The van der Waals surface area contributed by atoms with Gasteiger partial charge in [-0.3, -0.25) is 15.0 Å². The topological polar surface area (TPSA) is 49.4 Å². The van der Waals surface area contributed by atoms with Gasteiger partial charge in [-0.1, -0.05) is 24.8 Å². The van der Waals surface area contributed by atoms with Crippen molar-refractivity contribution in [3.05, 3.63) is 48.6 Å². The Morgan fingerprint density at radius 2 is 1.62 bits per heavy atom. The smallest absolute Gasteiger partial charge is 0.272 e. The van der Waals surface area contributed by atoms with Crippen LogP contribution in [0.2, 0.25) is 0 Å². The number of benzene rings is 1. The van der Waals surface area contributed by atoms with E-state index in [0.29, 0.717) is 5.69 Å². The number of rotatable bonds is 3. The standard InChI is InChI=1S/C12H10N2O2/c1-2-9-3-5-10(6-4-9)13-14-11(15)7-8-12(14)16/h2-8,13H,1H2. The van der Waals surface area contributed by atoms with E-state index in [1.165, 1.54) is 12.2 Å². The molecule has 1 aromatic rings. The van der Waals surface area contributed by atoms with Crippen LogP contribution >= 0.6 is 0 Å². The van der Waals surface area contributed by atoms with Gasteiger partial charge in [-0.25, -0.2) is 0 Å². The maximum Gasteiger partial charge on any atom is 0.272 e. The molecule has 0 saturated heterocycles. The van der Waals surface area contributed by atoms with Crippen LogP contribution in [0.25, 0.3) is 6.08 Å². The molecule has 2 amide bonds. The lowest BCUT2D eigenvalue weighted by molar-refractivity contribution is -0.135. The number of hydrogen-bond acceptors (Lipinski definition) is 3. The minimum absolute atomic E-state index is 0.363. The minimum Gasteiger partial charge on any atom is -0.288 e. The Morgan fingerprint density at radius 1 is 1.06 bits per heavy atom. The molecule has 0 aromatic heterocycles. The fraction of sp³-hybridized carbons (Fsp3) is 0. The van der Waals surface area contributed by atoms with E-state index in [9.17, 15) is 9.59 Å². The van der Waals surface area contributed by atoms with Crippen molar-refractivity contribution in [2.24, 2.45) is 0 Å². The fourth-order valence-corrected chi connectivity index (χ4v) is 1.33. The zero-order valence-electron chi connectivity index (χ0n) is 8.51. The SMILES string of the molecule is C=Cc1ccc(NN2C(=O)C=CC2=O)cc1. The van der Waals surface area contributed by atoms with Crippen molar-refractivity contribution in [2.75, 3.05) is 5.43 Å². The summed E-state index contributed by atoms with van der Waals surface area (Å²) in [5, 5.41) is 0.961. The van der Waals surface area contributed by atoms with Gasteiger partial charge in [0.05, 0.1) is 5.69 Å². The van der Waals surface area contributed by atoms with Crippen LogP contribution in [0.4, 0.5) is 5.69 Å². The van der Waals surface area contributed by atoms with Gasteiger partial charge in [-0.2, -0.15) is 5.01 Å². The highest BCUT2D eigenvalue weighted by Gasteiger charge is 2.23. The molecule has 4 nitrogen and oxygen atoms in total. The zero-order chi connectivity index (χ0) is 11.5. The number of anilines is 1. The first-order valence-electron chi connectivity index (χ1n) is 4.76. The lowest BCUT2D eigenvalue weighted by atomic mass is 10.2. The predicted molar refractivity (Wildman–Crippen MR) is 61.1 cm³/mol. The Balaban J connectivity index is 2.12. The summed E-state index contributed by atoms with van der Waals surface area (Å²) in [4.78, 5) is 22.5. The maximum absolute atomic E-state index is 11.3. The van der Waals surface area contributed by atoms with Crippen LogP contribution in [0.5, 0.6) is 0 Å². The van der Waals surface area contributed by atoms with E-state index in [1.54, 1.807) is 18.2 Å². The number of hydrogen-bond donors (Lipinski definition) is 1. The molecule has 1 aliphatic rings. The van der Waals surface area contributed by atoms with Crippen LogP contribution < -0.4 is 5.43 Å². The number of imide groups is 1. The number of carbonyl (C=O) groups is 2. The molecule has 0 bridgehead atoms. The Hall–Kier alpha value is -2.36. The van der Waals surface area contributed by atoms with E-state index in [2.05, 4.69) is 12.0 Å².